The van der Waals surface area contributed by atoms with E-state index in [1.54, 1.807) is 6.92 Å². The quantitative estimate of drug-likeness (QED) is 0.130. The molecule has 6 nitrogen and oxygen atoms in total. The van der Waals surface area contributed by atoms with E-state index in [2.05, 4.69) is 15.9 Å². The Morgan fingerprint density at radius 2 is 1.38 bits per heavy atom. The molecule has 2 heterocycles. The van der Waals surface area contributed by atoms with Crippen LogP contribution in [-0.4, -0.2) is 38.4 Å². The molecule has 0 radical (unpaired) electrons. The van der Waals surface area contributed by atoms with Crippen molar-refractivity contribution in [1.82, 2.24) is 0 Å². The first-order valence-corrected chi connectivity index (χ1v) is 15.2. The molecule has 6 rings (SSSR count). The summed E-state index contributed by atoms with van der Waals surface area (Å²) in [7, 11) is 0. The lowest BCUT2D eigenvalue weighted by Gasteiger charge is -2.18. The van der Waals surface area contributed by atoms with Crippen LogP contribution in [0.2, 0.25) is 0 Å². The fraction of sp³-hybridized carbons (Fsp3) is 0.257. The van der Waals surface area contributed by atoms with Gasteiger partial charge in [0, 0.05) is 51.7 Å². The molecule has 0 atom stereocenters. The topological polar surface area (TPSA) is 83.1 Å². The summed E-state index contributed by atoms with van der Waals surface area (Å²) in [6.07, 6.45) is 2.26. The van der Waals surface area contributed by atoms with Crippen molar-refractivity contribution in [1.29, 1.82) is 0 Å². The maximum absolute atomic E-state index is 14.6. The number of benzene rings is 4. The predicted octanol–water partition coefficient (Wildman–Crippen LogP) is 8.58. The first kappa shape index (κ1) is 34.1. The maximum atomic E-state index is 14.6. The standard InChI is InChI=1S/C23H19BrFNO2.C8H7F2NO.C4H8O/c1-15-18(25)14-19(20(21(15)24)23-27-12-13-28-23)26-22(16-8-4-2-5-9-16)17-10-6-3-7-11-17;1-4-6(9)2-7(11)5(3-12)8(4)10;1-2-4-5-3-1/h2-11,14,23H,12-13H2,1H3;2-3H,11H2,1H3;1-4H2. The molecule has 0 unspecified atom stereocenters. The number of hydrogen-bond donors (Lipinski definition) is 1. The van der Waals surface area contributed by atoms with Crippen LogP contribution >= 0.6 is 15.9 Å². The molecule has 10 heteroatoms. The number of aldehydes is 1. The van der Waals surface area contributed by atoms with Gasteiger partial charge >= 0.3 is 0 Å². The molecule has 2 aliphatic rings. The van der Waals surface area contributed by atoms with Crippen LogP contribution in [0.15, 0.2) is 82.3 Å². The van der Waals surface area contributed by atoms with E-state index >= 15 is 0 Å². The first-order valence-electron chi connectivity index (χ1n) is 14.4. The van der Waals surface area contributed by atoms with Crippen LogP contribution < -0.4 is 5.73 Å². The summed E-state index contributed by atoms with van der Waals surface area (Å²) in [4.78, 5) is 15.2. The average Bonchev–Trinajstić information content (AvgIpc) is 3.81. The summed E-state index contributed by atoms with van der Waals surface area (Å²) in [5, 5.41) is 0. The van der Waals surface area contributed by atoms with Crippen molar-refractivity contribution >= 4 is 39.3 Å². The van der Waals surface area contributed by atoms with Crippen molar-refractivity contribution in [3.63, 3.8) is 0 Å². The average molecular weight is 684 g/mol. The summed E-state index contributed by atoms with van der Waals surface area (Å²) in [6.45, 7) is 5.97. The molecule has 0 aliphatic carbocycles. The number of carbonyl (C=O) groups excluding carboxylic acids is 1. The van der Waals surface area contributed by atoms with Crippen molar-refractivity contribution < 1.29 is 32.2 Å². The minimum atomic E-state index is -0.887. The van der Waals surface area contributed by atoms with Gasteiger partial charge in [-0.25, -0.2) is 18.2 Å². The molecule has 0 bridgehead atoms. The number of rotatable bonds is 5. The van der Waals surface area contributed by atoms with Crippen LogP contribution in [0, 0.1) is 31.3 Å². The van der Waals surface area contributed by atoms with E-state index in [-0.39, 0.29) is 28.9 Å². The number of nitrogens with two attached hydrogens (primary N) is 1. The molecule has 4 aromatic rings. The third-order valence-electron chi connectivity index (χ3n) is 7.11. The smallest absolute Gasteiger partial charge is 0.187 e. The minimum Gasteiger partial charge on any atom is -0.398 e. The number of ether oxygens (including phenoxy) is 3. The lowest BCUT2D eigenvalue weighted by molar-refractivity contribution is -0.0442. The fourth-order valence-corrected chi connectivity index (χ4v) is 5.14. The van der Waals surface area contributed by atoms with Crippen LogP contribution in [0.4, 0.5) is 24.5 Å². The molecule has 2 N–H and O–H groups in total. The van der Waals surface area contributed by atoms with Crippen LogP contribution in [0.5, 0.6) is 0 Å². The number of hydrogen-bond acceptors (Lipinski definition) is 6. The molecule has 0 saturated carbocycles. The van der Waals surface area contributed by atoms with Crippen molar-refractivity contribution in [3.8, 4) is 0 Å². The van der Waals surface area contributed by atoms with E-state index in [9.17, 15) is 18.0 Å². The number of halogens is 4. The minimum absolute atomic E-state index is 0.175. The molecule has 2 aliphatic heterocycles. The van der Waals surface area contributed by atoms with Gasteiger partial charge in [0.15, 0.2) is 12.6 Å². The van der Waals surface area contributed by atoms with Crippen LogP contribution in [-0.2, 0) is 14.2 Å². The van der Waals surface area contributed by atoms with E-state index < -0.39 is 17.9 Å². The highest BCUT2D eigenvalue weighted by Gasteiger charge is 2.27. The van der Waals surface area contributed by atoms with Gasteiger partial charge in [0.25, 0.3) is 0 Å². The Balaban J connectivity index is 0.000000222. The maximum Gasteiger partial charge on any atom is 0.187 e. The molecule has 0 aromatic heterocycles. The molecule has 4 aromatic carbocycles. The van der Waals surface area contributed by atoms with Crippen molar-refractivity contribution in [2.75, 3.05) is 32.2 Å². The summed E-state index contributed by atoms with van der Waals surface area (Å²) < 4.78 is 57.3. The van der Waals surface area contributed by atoms with Gasteiger partial charge < -0.3 is 19.9 Å². The number of nitrogen functional groups attached to an aromatic ring is 1. The highest BCUT2D eigenvalue weighted by atomic mass is 79.9. The van der Waals surface area contributed by atoms with Gasteiger partial charge in [-0.05, 0) is 54.2 Å². The van der Waals surface area contributed by atoms with Crippen LogP contribution in [0.25, 0.3) is 0 Å². The monoisotopic (exact) mass is 682 g/mol. The zero-order valence-corrected chi connectivity index (χ0v) is 26.6. The van der Waals surface area contributed by atoms with E-state index in [0.29, 0.717) is 34.5 Å². The second-order valence-corrected chi connectivity index (χ2v) is 11.0. The van der Waals surface area contributed by atoms with Gasteiger partial charge in [-0.2, -0.15) is 0 Å². The fourth-order valence-electron chi connectivity index (χ4n) is 4.56. The second kappa shape index (κ2) is 16.5. The SMILES string of the molecule is C1CCOC1.Cc1c(F)cc(N)c(C=O)c1F.Cc1c(F)cc(N=C(c2ccccc2)c2ccccc2)c(C2OCCO2)c1Br. The predicted molar refractivity (Wildman–Crippen MR) is 173 cm³/mol. The Bertz CT molecular complexity index is 1580. The van der Waals surface area contributed by atoms with Gasteiger partial charge in [0.2, 0.25) is 0 Å². The zero-order valence-electron chi connectivity index (χ0n) is 25.0. The molecular formula is C35H34BrF3N2O4. The van der Waals surface area contributed by atoms with Gasteiger partial charge in [0.05, 0.1) is 30.2 Å². The summed E-state index contributed by atoms with van der Waals surface area (Å²) >= 11 is 3.53. The van der Waals surface area contributed by atoms with Gasteiger partial charge in [-0.1, -0.05) is 60.7 Å². The Morgan fingerprint density at radius 3 is 1.87 bits per heavy atom. The number of anilines is 1. The van der Waals surface area contributed by atoms with E-state index in [0.717, 1.165) is 36.1 Å². The highest BCUT2D eigenvalue weighted by molar-refractivity contribution is 9.10. The second-order valence-electron chi connectivity index (χ2n) is 10.2. The van der Waals surface area contributed by atoms with E-state index in [1.807, 2.05) is 60.7 Å². The van der Waals surface area contributed by atoms with Gasteiger partial charge in [-0.15, -0.1) is 0 Å². The van der Waals surface area contributed by atoms with Gasteiger partial charge in [-0.3, -0.25) is 4.79 Å². The molecule has 0 amide bonds. The summed E-state index contributed by atoms with van der Waals surface area (Å²) in [6, 6.07) is 22.1. The van der Waals surface area contributed by atoms with Crippen molar-refractivity contribution in [2.45, 2.75) is 33.0 Å². The third-order valence-corrected chi connectivity index (χ3v) is 8.13. The molecule has 45 heavy (non-hydrogen) atoms. The van der Waals surface area contributed by atoms with Crippen molar-refractivity contribution in [2.24, 2.45) is 4.99 Å². The largest absolute Gasteiger partial charge is 0.398 e. The van der Waals surface area contributed by atoms with Crippen LogP contribution in [0.3, 0.4) is 0 Å². The molecule has 2 saturated heterocycles. The summed E-state index contributed by atoms with van der Waals surface area (Å²) in [5.41, 5.74) is 8.91. The normalized spacial score (nSPS) is 14.2. The zero-order chi connectivity index (χ0) is 32.3. The third kappa shape index (κ3) is 8.67. The Kier molecular flexibility index (Phi) is 12.5. The molecule has 236 valence electrons. The number of carbonyl (C=O) groups is 1. The molecule has 2 fully saturated rings. The Labute approximate surface area is 269 Å². The Morgan fingerprint density at radius 1 is 0.844 bits per heavy atom. The van der Waals surface area contributed by atoms with Crippen molar-refractivity contribution in [3.05, 3.63) is 128 Å². The molecular weight excluding hydrogens is 649 g/mol. The number of aliphatic imine (C=N–C) groups is 1. The highest BCUT2D eigenvalue weighted by Crippen LogP contribution is 2.40. The Hall–Kier alpha value is -3.83. The van der Waals surface area contributed by atoms with E-state index in [1.165, 1.54) is 25.8 Å². The van der Waals surface area contributed by atoms with E-state index in [4.69, 9.17) is 24.9 Å². The lowest BCUT2D eigenvalue weighted by Crippen LogP contribution is -2.06. The first-order chi connectivity index (χ1) is 21.7. The van der Waals surface area contributed by atoms with Crippen LogP contribution in [0.1, 0.15) is 57.3 Å². The number of nitrogens with zero attached hydrogens (tertiary/aromatic N) is 1. The lowest BCUT2D eigenvalue weighted by atomic mass is 10.0. The van der Waals surface area contributed by atoms with Gasteiger partial charge in [0.1, 0.15) is 17.5 Å². The summed E-state index contributed by atoms with van der Waals surface area (Å²) in [5.74, 6) is -1.95. The molecule has 0 spiro atoms.